The molecule has 0 bridgehead atoms. The molecule has 0 unspecified atom stereocenters. The molecule has 0 aliphatic rings. The molecule has 0 saturated heterocycles. The van der Waals surface area contributed by atoms with Gasteiger partial charge >= 0.3 is 61.0 Å². The summed E-state index contributed by atoms with van der Waals surface area (Å²) in [7, 11) is 1.72. The van der Waals surface area contributed by atoms with Gasteiger partial charge in [-0.3, -0.25) is 0 Å². The fraction of sp³-hybridized carbons (Fsp3) is 0.400. The quantitative estimate of drug-likeness (QED) is 0.676. The second kappa shape index (κ2) is 8.79. The van der Waals surface area contributed by atoms with E-state index in [-0.39, 0.29) is 0 Å². The summed E-state index contributed by atoms with van der Waals surface area (Å²) in [6, 6.07) is 10.2. The molecule has 69 valence electrons. The van der Waals surface area contributed by atoms with Crippen molar-refractivity contribution >= 4 is 4.46 Å². The van der Waals surface area contributed by atoms with Crippen LogP contribution in [0.1, 0.15) is 20.3 Å². The van der Waals surface area contributed by atoms with Gasteiger partial charge in [0.05, 0.1) is 0 Å². The topological polar surface area (TPSA) is 9.23 Å². The van der Waals surface area contributed by atoms with Gasteiger partial charge in [-0.15, -0.1) is 0 Å². The van der Waals surface area contributed by atoms with Crippen LogP contribution >= 0.6 is 0 Å². The molecule has 0 aromatic heterocycles. The molecular weight excluding hydrogens is 191 g/mol. The first-order chi connectivity index (χ1) is 5.85. The van der Waals surface area contributed by atoms with Gasteiger partial charge in [0, 0.05) is 0 Å². The molecule has 0 saturated carbocycles. The predicted octanol–water partition coefficient (Wildman–Crippen LogP) is 2.37. The SMILES string of the molecule is CCC.C[O][Mn][c]1ccccc1. The average molecular weight is 207 g/mol. The minimum absolute atomic E-state index is 0.459. The Balaban J connectivity index is 0.000000354. The fourth-order valence-corrected chi connectivity index (χ4v) is 1.22. The van der Waals surface area contributed by atoms with Gasteiger partial charge < -0.3 is 0 Å². The predicted molar refractivity (Wildman–Crippen MR) is 49.1 cm³/mol. The summed E-state index contributed by atoms with van der Waals surface area (Å²) in [6.45, 7) is 4.25. The molecule has 2 heteroatoms. The molecule has 0 N–H and O–H groups in total. The van der Waals surface area contributed by atoms with Crippen molar-refractivity contribution in [2.24, 2.45) is 0 Å². The van der Waals surface area contributed by atoms with Crippen molar-refractivity contribution in [2.75, 3.05) is 7.11 Å². The molecule has 0 amide bonds. The Labute approximate surface area is 81.6 Å². The van der Waals surface area contributed by atoms with E-state index in [1.54, 1.807) is 7.11 Å². The van der Waals surface area contributed by atoms with Crippen molar-refractivity contribution in [1.82, 2.24) is 0 Å². The number of hydrogen-bond donors (Lipinski definition) is 0. The summed E-state index contributed by atoms with van der Waals surface area (Å²) in [4.78, 5) is 0. The Morgan fingerprint density at radius 1 is 1.17 bits per heavy atom. The van der Waals surface area contributed by atoms with E-state index in [1.807, 2.05) is 18.2 Å². The van der Waals surface area contributed by atoms with E-state index in [4.69, 9.17) is 3.82 Å². The number of benzene rings is 1. The van der Waals surface area contributed by atoms with E-state index < -0.39 is 0 Å². The second-order valence-corrected chi connectivity index (χ2v) is 3.64. The van der Waals surface area contributed by atoms with E-state index in [0.717, 1.165) is 0 Å². The van der Waals surface area contributed by atoms with Crippen molar-refractivity contribution in [3.63, 3.8) is 0 Å². The van der Waals surface area contributed by atoms with Crippen LogP contribution in [0.2, 0.25) is 0 Å². The molecule has 0 fully saturated rings. The Morgan fingerprint density at radius 3 is 2.08 bits per heavy atom. The van der Waals surface area contributed by atoms with E-state index in [0.29, 0.717) is 15.3 Å². The standard InChI is InChI=1S/C6H5.C3H8.CH3O.Mn/c1-2-4-6-5-3-1;1-3-2;1-2;/h1-5H;3H2,1-2H3;1H3;/q;;-1;+1. The molecule has 0 aliphatic carbocycles. The van der Waals surface area contributed by atoms with Crippen molar-refractivity contribution in [1.29, 1.82) is 0 Å². The first-order valence-corrected chi connectivity index (χ1v) is 5.15. The third-order valence-electron chi connectivity index (χ3n) is 0.899. The first kappa shape index (κ1) is 11.7. The van der Waals surface area contributed by atoms with Crippen LogP contribution in [0.15, 0.2) is 30.3 Å². The molecule has 1 aromatic carbocycles. The Bertz CT molecular complexity index is 174. The Morgan fingerprint density at radius 2 is 1.67 bits per heavy atom. The van der Waals surface area contributed by atoms with Crippen LogP contribution in [-0.2, 0) is 19.1 Å². The normalized spacial score (nSPS) is 8.58. The molecule has 1 aromatic rings. The van der Waals surface area contributed by atoms with E-state index in [2.05, 4.69) is 26.0 Å². The van der Waals surface area contributed by atoms with Gasteiger partial charge in [0.25, 0.3) is 0 Å². The number of rotatable bonds is 2. The summed E-state index contributed by atoms with van der Waals surface area (Å²) < 4.78 is 6.21. The zero-order chi connectivity index (χ0) is 9.23. The van der Waals surface area contributed by atoms with Crippen molar-refractivity contribution in [3.8, 4) is 0 Å². The Kier molecular flexibility index (Phi) is 8.57. The fourth-order valence-electron chi connectivity index (χ4n) is 0.555. The molecule has 0 aliphatic heterocycles. The van der Waals surface area contributed by atoms with Crippen LogP contribution in [0.4, 0.5) is 0 Å². The molecule has 0 heterocycles. The van der Waals surface area contributed by atoms with Crippen LogP contribution in [-0.4, -0.2) is 7.11 Å². The molecule has 1 rings (SSSR count). The van der Waals surface area contributed by atoms with Crippen LogP contribution in [0.5, 0.6) is 0 Å². The van der Waals surface area contributed by atoms with Gasteiger partial charge in [-0.1, -0.05) is 20.3 Å². The third kappa shape index (κ3) is 6.41. The van der Waals surface area contributed by atoms with Crippen LogP contribution < -0.4 is 4.46 Å². The van der Waals surface area contributed by atoms with Crippen LogP contribution in [0.3, 0.4) is 0 Å². The maximum absolute atomic E-state index is 4.96. The van der Waals surface area contributed by atoms with E-state index in [1.165, 1.54) is 10.9 Å². The monoisotopic (exact) mass is 207 g/mol. The average Bonchev–Trinajstić information content (AvgIpc) is 2.08. The Hall–Kier alpha value is -0.301. The number of hydrogen-bond acceptors (Lipinski definition) is 1. The van der Waals surface area contributed by atoms with Gasteiger partial charge in [0.1, 0.15) is 0 Å². The van der Waals surface area contributed by atoms with Crippen molar-refractivity contribution in [3.05, 3.63) is 30.3 Å². The summed E-state index contributed by atoms with van der Waals surface area (Å²) >= 11 is 0.459. The van der Waals surface area contributed by atoms with Crippen molar-refractivity contribution in [2.45, 2.75) is 20.3 Å². The van der Waals surface area contributed by atoms with Gasteiger partial charge in [-0.25, -0.2) is 0 Å². The summed E-state index contributed by atoms with van der Waals surface area (Å²) in [5.74, 6) is 0. The van der Waals surface area contributed by atoms with Gasteiger partial charge in [0.15, 0.2) is 0 Å². The molecule has 0 atom stereocenters. The zero-order valence-corrected chi connectivity index (χ0v) is 9.06. The van der Waals surface area contributed by atoms with E-state index >= 15 is 0 Å². The first-order valence-electron chi connectivity index (χ1n) is 4.08. The molecule has 12 heavy (non-hydrogen) atoms. The van der Waals surface area contributed by atoms with Crippen molar-refractivity contribution < 1.29 is 19.1 Å². The summed E-state index contributed by atoms with van der Waals surface area (Å²) in [6.07, 6.45) is 1.25. The van der Waals surface area contributed by atoms with Gasteiger partial charge in [-0.05, 0) is 0 Å². The second-order valence-electron chi connectivity index (χ2n) is 2.23. The van der Waals surface area contributed by atoms with Gasteiger partial charge in [0.2, 0.25) is 0 Å². The maximum atomic E-state index is 4.96. The van der Waals surface area contributed by atoms with Crippen LogP contribution in [0, 0.1) is 0 Å². The molecule has 1 nitrogen and oxygen atoms in total. The zero-order valence-electron chi connectivity index (χ0n) is 7.88. The molecular formula is C10H16MnO. The third-order valence-corrected chi connectivity index (χ3v) is 1.81. The summed E-state index contributed by atoms with van der Waals surface area (Å²) in [5, 5.41) is 0. The minimum atomic E-state index is 0.459. The molecule has 0 spiro atoms. The van der Waals surface area contributed by atoms with Gasteiger partial charge in [-0.2, -0.15) is 0 Å². The summed E-state index contributed by atoms with van der Waals surface area (Å²) in [5.41, 5.74) is 0. The van der Waals surface area contributed by atoms with E-state index in [9.17, 15) is 0 Å². The molecule has 0 radical (unpaired) electrons. The van der Waals surface area contributed by atoms with Crippen LogP contribution in [0.25, 0.3) is 0 Å².